The van der Waals surface area contributed by atoms with Crippen molar-refractivity contribution in [3.63, 3.8) is 0 Å². The van der Waals surface area contributed by atoms with Crippen LogP contribution in [0.15, 0.2) is 35.1 Å². The zero-order valence-corrected chi connectivity index (χ0v) is 13.9. The molecule has 0 radical (unpaired) electrons. The van der Waals surface area contributed by atoms with Gasteiger partial charge in [-0.3, -0.25) is 0 Å². The van der Waals surface area contributed by atoms with Crippen molar-refractivity contribution in [2.45, 2.75) is 26.5 Å². The molecule has 0 bridgehead atoms. The molecule has 7 heteroatoms. The van der Waals surface area contributed by atoms with E-state index >= 15 is 0 Å². The van der Waals surface area contributed by atoms with Crippen LogP contribution in [-0.2, 0) is 11.3 Å². The Hall–Kier alpha value is -2.54. The van der Waals surface area contributed by atoms with Crippen molar-refractivity contribution in [3.8, 4) is 0 Å². The summed E-state index contributed by atoms with van der Waals surface area (Å²) < 4.78 is 10.7. The SMILES string of the molecule is Cc1ocnc1CNC(=O)Nc1ccc(N2CCO[C@@H](C)C2)cc1. The van der Waals surface area contributed by atoms with E-state index in [-0.39, 0.29) is 12.1 Å². The number of aromatic nitrogens is 1. The summed E-state index contributed by atoms with van der Waals surface area (Å²) in [6.07, 6.45) is 1.61. The highest BCUT2D eigenvalue weighted by Gasteiger charge is 2.16. The number of nitrogens with zero attached hydrogens (tertiary/aromatic N) is 2. The van der Waals surface area contributed by atoms with Crippen molar-refractivity contribution in [2.75, 3.05) is 29.9 Å². The van der Waals surface area contributed by atoms with Gasteiger partial charge in [0.05, 0.1) is 19.3 Å². The molecule has 1 aromatic heterocycles. The molecule has 2 N–H and O–H groups in total. The predicted molar refractivity (Wildman–Crippen MR) is 91.2 cm³/mol. The third kappa shape index (κ3) is 4.05. The number of urea groups is 1. The molecule has 0 aliphatic carbocycles. The smallest absolute Gasteiger partial charge is 0.319 e. The molecule has 1 fully saturated rings. The number of anilines is 2. The molecule has 0 unspecified atom stereocenters. The maximum absolute atomic E-state index is 11.9. The second-order valence-corrected chi connectivity index (χ2v) is 5.84. The van der Waals surface area contributed by atoms with Crippen LogP contribution in [0.1, 0.15) is 18.4 Å². The topological polar surface area (TPSA) is 79.6 Å². The van der Waals surface area contributed by atoms with E-state index in [2.05, 4.69) is 27.4 Å². The van der Waals surface area contributed by atoms with Gasteiger partial charge in [-0.25, -0.2) is 9.78 Å². The number of hydrogen-bond acceptors (Lipinski definition) is 5. The molecule has 7 nitrogen and oxygen atoms in total. The summed E-state index contributed by atoms with van der Waals surface area (Å²) >= 11 is 0. The number of hydrogen-bond donors (Lipinski definition) is 2. The zero-order chi connectivity index (χ0) is 16.9. The van der Waals surface area contributed by atoms with Gasteiger partial charge in [-0.1, -0.05) is 0 Å². The van der Waals surface area contributed by atoms with E-state index in [1.165, 1.54) is 6.39 Å². The molecule has 24 heavy (non-hydrogen) atoms. The maximum atomic E-state index is 11.9. The number of morpholine rings is 1. The largest absolute Gasteiger partial charge is 0.448 e. The van der Waals surface area contributed by atoms with E-state index in [4.69, 9.17) is 9.15 Å². The van der Waals surface area contributed by atoms with Crippen molar-refractivity contribution in [3.05, 3.63) is 42.1 Å². The molecule has 1 aromatic carbocycles. The Bertz CT molecular complexity index is 683. The van der Waals surface area contributed by atoms with Gasteiger partial charge in [0.25, 0.3) is 0 Å². The molecule has 1 aliphatic heterocycles. The highest BCUT2D eigenvalue weighted by molar-refractivity contribution is 5.89. The molecule has 3 rings (SSSR count). The fraction of sp³-hybridized carbons (Fsp3) is 0.412. The van der Waals surface area contributed by atoms with Crippen LogP contribution in [0.5, 0.6) is 0 Å². The Labute approximate surface area is 141 Å². The van der Waals surface area contributed by atoms with Crippen LogP contribution in [0.25, 0.3) is 0 Å². The summed E-state index contributed by atoms with van der Waals surface area (Å²) in [5.41, 5.74) is 2.60. The Morgan fingerprint density at radius 1 is 1.38 bits per heavy atom. The molecule has 2 amide bonds. The molecular weight excluding hydrogens is 308 g/mol. The van der Waals surface area contributed by atoms with Gasteiger partial charge in [0.2, 0.25) is 0 Å². The lowest BCUT2D eigenvalue weighted by molar-refractivity contribution is 0.0532. The highest BCUT2D eigenvalue weighted by Crippen LogP contribution is 2.20. The quantitative estimate of drug-likeness (QED) is 0.900. The molecule has 0 spiro atoms. The lowest BCUT2D eigenvalue weighted by atomic mass is 10.2. The number of carbonyl (C=O) groups is 1. The Morgan fingerprint density at radius 3 is 2.83 bits per heavy atom. The summed E-state index contributed by atoms with van der Waals surface area (Å²) in [4.78, 5) is 18.3. The van der Waals surface area contributed by atoms with Crippen LogP contribution < -0.4 is 15.5 Å². The Balaban J connectivity index is 1.52. The monoisotopic (exact) mass is 330 g/mol. The molecule has 1 saturated heterocycles. The van der Waals surface area contributed by atoms with Gasteiger partial charge in [-0.05, 0) is 38.1 Å². The minimum absolute atomic E-state index is 0.238. The molecule has 2 heterocycles. The van der Waals surface area contributed by atoms with E-state index in [1.54, 1.807) is 0 Å². The van der Waals surface area contributed by atoms with Gasteiger partial charge in [0, 0.05) is 24.5 Å². The van der Waals surface area contributed by atoms with Crippen molar-refractivity contribution in [1.82, 2.24) is 10.3 Å². The average Bonchev–Trinajstić information content (AvgIpc) is 2.99. The zero-order valence-electron chi connectivity index (χ0n) is 13.9. The van der Waals surface area contributed by atoms with Gasteiger partial charge in [-0.15, -0.1) is 0 Å². The van der Waals surface area contributed by atoms with Gasteiger partial charge < -0.3 is 24.7 Å². The molecule has 1 aliphatic rings. The average molecular weight is 330 g/mol. The molecule has 0 saturated carbocycles. The molecular formula is C17H22N4O3. The van der Waals surface area contributed by atoms with E-state index < -0.39 is 0 Å². The number of ether oxygens (including phenoxy) is 1. The highest BCUT2D eigenvalue weighted by atomic mass is 16.5. The minimum atomic E-state index is -0.273. The van der Waals surface area contributed by atoms with E-state index in [0.29, 0.717) is 12.3 Å². The number of amides is 2. The van der Waals surface area contributed by atoms with E-state index in [0.717, 1.165) is 36.8 Å². The summed E-state index contributed by atoms with van der Waals surface area (Å²) in [5.74, 6) is 0.708. The fourth-order valence-corrected chi connectivity index (χ4v) is 2.65. The van der Waals surface area contributed by atoms with Crippen LogP contribution in [-0.4, -0.2) is 36.8 Å². The van der Waals surface area contributed by atoms with Crippen molar-refractivity contribution in [1.29, 1.82) is 0 Å². The summed E-state index contributed by atoms with van der Waals surface area (Å²) in [6, 6.07) is 7.54. The Kier molecular flexibility index (Phi) is 5.00. The van der Waals surface area contributed by atoms with Crippen LogP contribution in [0.4, 0.5) is 16.2 Å². The number of nitrogens with one attached hydrogen (secondary N) is 2. The number of aryl methyl sites for hydroxylation is 1. The van der Waals surface area contributed by atoms with Gasteiger partial charge in [-0.2, -0.15) is 0 Å². The fourth-order valence-electron chi connectivity index (χ4n) is 2.65. The number of benzene rings is 1. The summed E-state index contributed by atoms with van der Waals surface area (Å²) in [5, 5.41) is 5.57. The number of oxazole rings is 1. The van der Waals surface area contributed by atoms with Crippen molar-refractivity contribution in [2.24, 2.45) is 0 Å². The van der Waals surface area contributed by atoms with Crippen LogP contribution in [0, 0.1) is 6.92 Å². The first kappa shape index (κ1) is 16.3. The molecule has 1 atom stereocenters. The van der Waals surface area contributed by atoms with Gasteiger partial charge in [0.1, 0.15) is 11.5 Å². The summed E-state index contributed by atoms with van der Waals surface area (Å²) in [6.45, 7) is 6.72. The lowest BCUT2D eigenvalue weighted by Crippen LogP contribution is -2.41. The van der Waals surface area contributed by atoms with Crippen LogP contribution >= 0.6 is 0 Å². The first-order valence-electron chi connectivity index (χ1n) is 8.02. The first-order chi connectivity index (χ1) is 11.6. The van der Waals surface area contributed by atoms with Crippen LogP contribution in [0.2, 0.25) is 0 Å². The van der Waals surface area contributed by atoms with Gasteiger partial charge in [0.15, 0.2) is 6.39 Å². The maximum Gasteiger partial charge on any atom is 0.319 e. The number of rotatable bonds is 4. The Morgan fingerprint density at radius 2 is 2.17 bits per heavy atom. The second kappa shape index (κ2) is 7.35. The van der Waals surface area contributed by atoms with Gasteiger partial charge >= 0.3 is 6.03 Å². The molecule has 128 valence electrons. The lowest BCUT2D eigenvalue weighted by Gasteiger charge is -2.33. The normalized spacial score (nSPS) is 17.6. The first-order valence-corrected chi connectivity index (χ1v) is 8.02. The third-order valence-corrected chi connectivity index (χ3v) is 3.99. The van der Waals surface area contributed by atoms with Crippen molar-refractivity contribution < 1.29 is 13.9 Å². The number of carbonyl (C=O) groups excluding carboxylic acids is 1. The third-order valence-electron chi connectivity index (χ3n) is 3.99. The second-order valence-electron chi connectivity index (χ2n) is 5.84. The van der Waals surface area contributed by atoms with Crippen LogP contribution in [0.3, 0.4) is 0 Å². The minimum Gasteiger partial charge on any atom is -0.448 e. The standard InChI is InChI=1S/C17H22N4O3/c1-12-10-21(7-8-23-12)15-5-3-14(4-6-15)20-17(22)18-9-16-13(2)24-11-19-16/h3-6,11-12H,7-10H2,1-2H3,(H2,18,20,22)/t12-/m0/s1. The molecule has 2 aromatic rings. The van der Waals surface area contributed by atoms with E-state index in [9.17, 15) is 4.79 Å². The predicted octanol–water partition coefficient (Wildman–Crippen LogP) is 2.53. The van der Waals surface area contributed by atoms with E-state index in [1.807, 2.05) is 31.2 Å². The van der Waals surface area contributed by atoms with Crippen molar-refractivity contribution >= 4 is 17.4 Å². The summed E-state index contributed by atoms with van der Waals surface area (Å²) in [7, 11) is 0.